The fourth-order valence-corrected chi connectivity index (χ4v) is 2.77. The van der Waals surface area contributed by atoms with Gasteiger partial charge in [-0.25, -0.2) is 0 Å². The van der Waals surface area contributed by atoms with E-state index in [0.29, 0.717) is 16.6 Å². The molecular formula is C15H17BrN2O3. The second-order valence-electron chi connectivity index (χ2n) is 4.97. The number of rotatable bonds is 5. The van der Waals surface area contributed by atoms with Crippen molar-refractivity contribution in [3.8, 4) is 0 Å². The van der Waals surface area contributed by atoms with Crippen LogP contribution >= 0.6 is 15.9 Å². The monoisotopic (exact) mass is 352 g/mol. The van der Waals surface area contributed by atoms with Crippen LogP contribution in [0.25, 0.3) is 0 Å². The standard InChI is InChI=1S/C15H17BrN2O3/c1-2-7-17-9-15(21)18(10-14(17)20)8-13(19)11-5-3-4-6-12(11)16/h3-6H,2,7-10H2,1H3. The molecule has 1 aromatic rings. The summed E-state index contributed by atoms with van der Waals surface area (Å²) in [5.41, 5.74) is 0.522. The Morgan fingerprint density at radius 3 is 2.43 bits per heavy atom. The van der Waals surface area contributed by atoms with Gasteiger partial charge in [0, 0.05) is 16.6 Å². The topological polar surface area (TPSA) is 57.7 Å². The number of benzene rings is 1. The summed E-state index contributed by atoms with van der Waals surface area (Å²) in [7, 11) is 0. The van der Waals surface area contributed by atoms with E-state index < -0.39 is 0 Å². The van der Waals surface area contributed by atoms with Crippen molar-refractivity contribution in [1.82, 2.24) is 9.80 Å². The normalized spacial score (nSPS) is 15.5. The Kier molecular flexibility index (Phi) is 5.12. The van der Waals surface area contributed by atoms with Crippen molar-refractivity contribution < 1.29 is 14.4 Å². The van der Waals surface area contributed by atoms with Crippen molar-refractivity contribution in [2.75, 3.05) is 26.2 Å². The fraction of sp³-hybridized carbons (Fsp3) is 0.400. The molecule has 1 aromatic carbocycles. The van der Waals surface area contributed by atoms with Gasteiger partial charge >= 0.3 is 0 Å². The highest BCUT2D eigenvalue weighted by Crippen LogP contribution is 2.17. The molecule has 0 aliphatic carbocycles. The highest BCUT2D eigenvalue weighted by atomic mass is 79.9. The third kappa shape index (κ3) is 3.69. The Hall–Kier alpha value is -1.69. The Labute approximate surface area is 132 Å². The van der Waals surface area contributed by atoms with Gasteiger partial charge in [0.25, 0.3) is 0 Å². The van der Waals surface area contributed by atoms with Crippen molar-refractivity contribution in [1.29, 1.82) is 0 Å². The van der Waals surface area contributed by atoms with E-state index in [4.69, 9.17) is 0 Å². The summed E-state index contributed by atoms with van der Waals surface area (Å²) in [6.45, 7) is 2.52. The van der Waals surface area contributed by atoms with Gasteiger partial charge < -0.3 is 9.80 Å². The molecule has 0 N–H and O–H groups in total. The molecule has 1 heterocycles. The van der Waals surface area contributed by atoms with Gasteiger partial charge in [-0.2, -0.15) is 0 Å². The molecule has 0 bridgehead atoms. The first-order valence-corrected chi connectivity index (χ1v) is 7.65. The van der Waals surface area contributed by atoms with Crippen LogP contribution in [0.1, 0.15) is 23.7 Å². The summed E-state index contributed by atoms with van der Waals surface area (Å²) in [4.78, 5) is 39.1. The molecule has 0 spiro atoms. The van der Waals surface area contributed by atoms with Crippen LogP contribution in [0.2, 0.25) is 0 Å². The molecule has 1 saturated heterocycles. The van der Waals surface area contributed by atoms with Crippen LogP contribution in [0.3, 0.4) is 0 Å². The van der Waals surface area contributed by atoms with E-state index in [9.17, 15) is 14.4 Å². The van der Waals surface area contributed by atoms with E-state index >= 15 is 0 Å². The molecule has 21 heavy (non-hydrogen) atoms. The molecule has 112 valence electrons. The molecule has 0 saturated carbocycles. The van der Waals surface area contributed by atoms with E-state index in [-0.39, 0.29) is 37.2 Å². The van der Waals surface area contributed by atoms with Crippen molar-refractivity contribution >= 4 is 33.5 Å². The number of hydrogen-bond donors (Lipinski definition) is 0. The van der Waals surface area contributed by atoms with Crippen molar-refractivity contribution in [3.63, 3.8) is 0 Å². The SMILES string of the molecule is CCCN1CC(=O)N(CC(=O)c2ccccc2Br)CC1=O. The summed E-state index contributed by atoms with van der Waals surface area (Å²) in [5, 5.41) is 0. The van der Waals surface area contributed by atoms with Crippen LogP contribution in [0, 0.1) is 0 Å². The highest BCUT2D eigenvalue weighted by molar-refractivity contribution is 9.10. The van der Waals surface area contributed by atoms with Crippen molar-refractivity contribution in [2.24, 2.45) is 0 Å². The van der Waals surface area contributed by atoms with Crippen LogP contribution in [-0.4, -0.2) is 53.6 Å². The minimum Gasteiger partial charge on any atom is -0.332 e. The van der Waals surface area contributed by atoms with Gasteiger partial charge in [0.2, 0.25) is 11.8 Å². The maximum absolute atomic E-state index is 12.2. The molecule has 0 aromatic heterocycles. The Morgan fingerprint density at radius 1 is 1.14 bits per heavy atom. The van der Waals surface area contributed by atoms with Crippen LogP contribution < -0.4 is 0 Å². The van der Waals surface area contributed by atoms with E-state index in [1.165, 1.54) is 4.90 Å². The minimum atomic E-state index is -0.177. The summed E-state index contributed by atoms with van der Waals surface area (Å²) in [6.07, 6.45) is 0.814. The molecule has 0 unspecified atom stereocenters. The van der Waals surface area contributed by atoms with Gasteiger partial charge in [-0.3, -0.25) is 14.4 Å². The Morgan fingerprint density at radius 2 is 1.76 bits per heavy atom. The summed E-state index contributed by atoms with van der Waals surface area (Å²) in [5.74, 6) is -0.451. The van der Waals surface area contributed by atoms with E-state index in [0.717, 1.165) is 6.42 Å². The summed E-state index contributed by atoms with van der Waals surface area (Å²) < 4.78 is 0.693. The fourth-order valence-electron chi connectivity index (χ4n) is 2.27. The van der Waals surface area contributed by atoms with Gasteiger partial charge in [0.05, 0.1) is 13.1 Å². The maximum atomic E-state index is 12.2. The van der Waals surface area contributed by atoms with Crippen molar-refractivity contribution in [2.45, 2.75) is 13.3 Å². The molecule has 2 amide bonds. The molecule has 6 heteroatoms. The van der Waals surface area contributed by atoms with Crippen LogP contribution in [-0.2, 0) is 9.59 Å². The average molecular weight is 353 g/mol. The van der Waals surface area contributed by atoms with Gasteiger partial charge in [0.15, 0.2) is 5.78 Å². The molecule has 1 aliphatic heterocycles. The first kappa shape index (κ1) is 15.7. The third-order valence-electron chi connectivity index (χ3n) is 3.36. The zero-order valence-corrected chi connectivity index (χ0v) is 13.4. The molecular weight excluding hydrogens is 336 g/mol. The van der Waals surface area contributed by atoms with Gasteiger partial charge in [-0.15, -0.1) is 0 Å². The van der Waals surface area contributed by atoms with E-state index in [1.807, 2.05) is 13.0 Å². The zero-order valence-electron chi connectivity index (χ0n) is 11.8. The number of nitrogens with zero attached hydrogens (tertiary/aromatic N) is 2. The number of hydrogen-bond acceptors (Lipinski definition) is 3. The van der Waals surface area contributed by atoms with Gasteiger partial charge in [-0.05, 0) is 12.5 Å². The predicted octanol–water partition coefficient (Wildman–Crippen LogP) is 1.71. The van der Waals surface area contributed by atoms with E-state index in [1.54, 1.807) is 23.1 Å². The lowest BCUT2D eigenvalue weighted by Gasteiger charge is -2.33. The Bertz CT molecular complexity index is 574. The van der Waals surface area contributed by atoms with E-state index in [2.05, 4.69) is 15.9 Å². The van der Waals surface area contributed by atoms with Crippen LogP contribution in [0.5, 0.6) is 0 Å². The largest absolute Gasteiger partial charge is 0.332 e. The third-order valence-corrected chi connectivity index (χ3v) is 4.05. The zero-order chi connectivity index (χ0) is 15.4. The summed E-state index contributed by atoms with van der Waals surface area (Å²) in [6, 6.07) is 7.06. The predicted molar refractivity (Wildman–Crippen MR) is 81.9 cm³/mol. The number of halogens is 1. The lowest BCUT2D eigenvalue weighted by molar-refractivity contribution is -0.149. The molecule has 2 rings (SSSR count). The second kappa shape index (κ2) is 6.85. The molecule has 0 atom stereocenters. The highest BCUT2D eigenvalue weighted by Gasteiger charge is 2.30. The lowest BCUT2D eigenvalue weighted by atomic mass is 10.1. The summed E-state index contributed by atoms with van der Waals surface area (Å²) >= 11 is 3.32. The quantitative estimate of drug-likeness (QED) is 0.758. The first-order chi connectivity index (χ1) is 10.0. The number of piperazine rings is 1. The first-order valence-electron chi connectivity index (χ1n) is 6.86. The number of Topliss-reactive ketones (excluding diaryl/α,β-unsaturated/α-hetero) is 1. The van der Waals surface area contributed by atoms with Gasteiger partial charge in [-0.1, -0.05) is 41.1 Å². The molecule has 1 aliphatic rings. The molecule has 1 fully saturated rings. The number of carbonyl (C=O) groups is 3. The number of amides is 2. The Balaban J connectivity index is 2.04. The second-order valence-corrected chi connectivity index (χ2v) is 5.82. The average Bonchev–Trinajstić information content (AvgIpc) is 2.45. The number of ketones is 1. The maximum Gasteiger partial charge on any atom is 0.243 e. The number of carbonyl (C=O) groups excluding carboxylic acids is 3. The molecule has 0 radical (unpaired) electrons. The van der Waals surface area contributed by atoms with Crippen molar-refractivity contribution in [3.05, 3.63) is 34.3 Å². The molecule has 5 nitrogen and oxygen atoms in total. The lowest BCUT2D eigenvalue weighted by Crippen LogP contribution is -2.54. The van der Waals surface area contributed by atoms with Gasteiger partial charge in [0.1, 0.15) is 6.54 Å². The minimum absolute atomic E-state index is 0.0188. The van der Waals surface area contributed by atoms with Crippen LogP contribution in [0.4, 0.5) is 0 Å². The van der Waals surface area contributed by atoms with Crippen LogP contribution in [0.15, 0.2) is 28.7 Å². The smallest absolute Gasteiger partial charge is 0.243 e.